The summed E-state index contributed by atoms with van der Waals surface area (Å²) >= 11 is 0. The summed E-state index contributed by atoms with van der Waals surface area (Å²) in [5.74, 6) is 0.646. The fraction of sp³-hybridized carbons (Fsp3) is 0.121. The van der Waals surface area contributed by atoms with Crippen LogP contribution in [0.5, 0.6) is 0 Å². The van der Waals surface area contributed by atoms with Crippen LogP contribution in [0.2, 0.25) is 0 Å². The molecule has 2 aromatic carbocycles. The maximum atomic E-state index is 4.64. The first kappa shape index (κ1) is 25.5. The molecular weight excluding hydrogens is 424 g/mol. The topological polar surface area (TPSA) is 28.1 Å². The van der Waals surface area contributed by atoms with Crippen LogP contribution in [0, 0.1) is 5.92 Å². The minimum Gasteiger partial charge on any atom is -0.355 e. The predicted octanol–water partition coefficient (Wildman–Crippen LogP) is 9.02. The Labute approximate surface area is 210 Å². The highest BCUT2D eigenvalue weighted by molar-refractivity contribution is 6.09. The quantitative estimate of drug-likeness (QED) is 0.342. The minimum absolute atomic E-state index is 0.646. The first-order valence-electron chi connectivity index (χ1n) is 12.0. The summed E-state index contributed by atoms with van der Waals surface area (Å²) in [6, 6.07) is 24.7. The van der Waals surface area contributed by atoms with Crippen molar-refractivity contribution in [2.24, 2.45) is 10.9 Å². The average Bonchev–Trinajstić information content (AvgIpc) is 3.52. The Morgan fingerprint density at radius 2 is 1.37 bits per heavy atom. The molecule has 4 rings (SSSR count). The molecule has 1 aromatic heterocycles. The Kier molecular flexibility index (Phi) is 9.83. The van der Waals surface area contributed by atoms with Gasteiger partial charge in [0.05, 0.1) is 11.4 Å². The van der Waals surface area contributed by atoms with E-state index in [0.29, 0.717) is 5.92 Å². The monoisotopic (exact) mass is 458 g/mol. The van der Waals surface area contributed by atoms with Crippen LogP contribution in [-0.2, 0) is 0 Å². The predicted molar refractivity (Wildman–Crippen MR) is 155 cm³/mol. The zero-order valence-corrected chi connectivity index (χ0v) is 20.9. The summed E-state index contributed by atoms with van der Waals surface area (Å²) < 4.78 is 0. The summed E-state index contributed by atoms with van der Waals surface area (Å²) in [4.78, 5) is 8.04. The van der Waals surface area contributed by atoms with Crippen molar-refractivity contribution in [2.75, 3.05) is 0 Å². The summed E-state index contributed by atoms with van der Waals surface area (Å²) in [6.45, 7) is 10.0. The molecule has 3 aromatic rings. The van der Waals surface area contributed by atoms with E-state index < -0.39 is 0 Å². The Hall–Kier alpha value is -4.17. The fourth-order valence-corrected chi connectivity index (χ4v) is 3.43. The van der Waals surface area contributed by atoms with Gasteiger partial charge in [0.25, 0.3) is 0 Å². The van der Waals surface area contributed by atoms with Crippen molar-refractivity contribution < 1.29 is 0 Å². The lowest BCUT2D eigenvalue weighted by molar-refractivity contribution is 0.825. The number of aliphatic imine (C=N–C) groups is 1. The third-order valence-corrected chi connectivity index (χ3v) is 5.14. The molecule has 1 aliphatic rings. The largest absolute Gasteiger partial charge is 0.355 e. The molecule has 35 heavy (non-hydrogen) atoms. The fourth-order valence-electron chi connectivity index (χ4n) is 3.43. The van der Waals surface area contributed by atoms with Gasteiger partial charge in [-0.1, -0.05) is 111 Å². The molecule has 176 valence electrons. The summed E-state index contributed by atoms with van der Waals surface area (Å²) in [5, 5.41) is 0. The average molecular weight is 459 g/mol. The van der Waals surface area contributed by atoms with Gasteiger partial charge >= 0.3 is 0 Å². The van der Waals surface area contributed by atoms with E-state index >= 15 is 0 Å². The van der Waals surface area contributed by atoms with Crippen LogP contribution in [-0.4, -0.2) is 10.7 Å². The molecule has 0 fully saturated rings. The van der Waals surface area contributed by atoms with Gasteiger partial charge in [-0.05, 0) is 66.5 Å². The lowest BCUT2D eigenvalue weighted by Crippen LogP contribution is -1.82. The third kappa shape index (κ3) is 9.30. The smallest absolute Gasteiger partial charge is 0.0658 e. The van der Waals surface area contributed by atoms with E-state index in [1.807, 2.05) is 60.7 Å². The molecule has 0 aliphatic carbocycles. The van der Waals surface area contributed by atoms with Crippen LogP contribution in [0.1, 0.15) is 43.3 Å². The second-order valence-electron chi connectivity index (χ2n) is 8.66. The van der Waals surface area contributed by atoms with E-state index in [9.17, 15) is 0 Å². The number of H-pyrrole nitrogens is 1. The number of hydrogen-bond acceptors (Lipinski definition) is 1. The maximum Gasteiger partial charge on any atom is 0.0658 e. The molecule has 0 bridgehead atoms. The van der Waals surface area contributed by atoms with Gasteiger partial charge in [0.2, 0.25) is 0 Å². The molecule has 0 amide bonds. The van der Waals surface area contributed by atoms with Crippen molar-refractivity contribution >= 4 is 30.0 Å². The highest BCUT2D eigenvalue weighted by atomic mass is 14.8. The van der Waals surface area contributed by atoms with E-state index in [1.54, 1.807) is 0 Å². The summed E-state index contributed by atoms with van der Waals surface area (Å²) in [6.07, 6.45) is 18.5. The van der Waals surface area contributed by atoms with Crippen molar-refractivity contribution in [3.05, 3.63) is 144 Å². The number of allylic oxidation sites excluding steroid dienone is 6. The standard InChI is InChI=1S/C25H20N2.C8H14/c1-3-7-20(8-4-1)11-13-22-15-17-24(26-22)19-25-18-16-23(27-25)14-12-21-9-5-2-6-10-21;1-5-8(4)6-7(2)3/h1-19,26H;5-7H,1H2,2-4H3/b13-11+,14-12+,25-19-;8-6-. The Morgan fingerprint density at radius 1 is 0.771 bits per heavy atom. The zero-order chi connectivity index (χ0) is 24.9. The van der Waals surface area contributed by atoms with Gasteiger partial charge in [-0.15, -0.1) is 0 Å². The van der Waals surface area contributed by atoms with Gasteiger partial charge in [0.1, 0.15) is 0 Å². The minimum atomic E-state index is 0.646. The van der Waals surface area contributed by atoms with Crippen LogP contribution in [0.15, 0.2) is 126 Å². The molecule has 0 unspecified atom stereocenters. The van der Waals surface area contributed by atoms with E-state index in [0.717, 1.165) is 22.8 Å². The molecule has 0 radical (unpaired) electrons. The number of rotatable bonds is 7. The Morgan fingerprint density at radius 3 is 1.94 bits per heavy atom. The lowest BCUT2D eigenvalue weighted by Gasteiger charge is -1.94. The molecule has 0 atom stereocenters. The van der Waals surface area contributed by atoms with E-state index in [-0.39, 0.29) is 0 Å². The van der Waals surface area contributed by atoms with Crippen LogP contribution in [0.3, 0.4) is 0 Å². The SMILES string of the molecule is C1=C/C(=C/c2ccc(/C=C/c3ccccc3)[nH]2)N=C1/C=C/c1ccccc1.C=C/C(C)=C\C(C)C. The molecule has 2 nitrogen and oxygen atoms in total. The van der Waals surface area contributed by atoms with E-state index in [1.165, 1.54) is 16.7 Å². The van der Waals surface area contributed by atoms with Crippen molar-refractivity contribution in [3.63, 3.8) is 0 Å². The van der Waals surface area contributed by atoms with Crippen LogP contribution in [0.25, 0.3) is 24.3 Å². The highest BCUT2D eigenvalue weighted by Crippen LogP contribution is 2.16. The van der Waals surface area contributed by atoms with Gasteiger partial charge in [-0.3, -0.25) is 0 Å². The second kappa shape index (κ2) is 13.5. The summed E-state index contributed by atoms with van der Waals surface area (Å²) in [7, 11) is 0. The normalized spacial score (nSPS) is 14.6. The van der Waals surface area contributed by atoms with Crippen molar-refractivity contribution in [3.8, 4) is 0 Å². The molecule has 1 aliphatic heterocycles. The number of aromatic nitrogens is 1. The van der Waals surface area contributed by atoms with Gasteiger partial charge in [-0.2, -0.15) is 0 Å². The summed E-state index contributed by atoms with van der Waals surface area (Å²) in [5.41, 5.74) is 7.64. The van der Waals surface area contributed by atoms with Gasteiger partial charge in [0, 0.05) is 11.4 Å². The molecule has 0 spiro atoms. The Bertz CT molecular complexity index is 1260. The molecule has 1 N–H and O–H groups in total. The number of hydrogen-bond donors (Lipinski definition) is 1. The van der Waals surface area contributed by atoms with Gasteiger partial charge < -0.3 is 4.98 Å². The van der Waals surface area contributed by atoms with E-state index in [2.05, 4.69) is 104 Å². The van der Waals surface area contributed by atoms with E-state index in [4.69, 9.17) is 0 Å². The van der Waals surface area contributed by atoms with Crippen molar-refractivity contribution in [1.29, 1.82) is 0 Å². The number of benzene rings is 2. The number of aromatic amines is 1. The first-order chi connectivity index (χ1) is 17.0. The van der Waals surface area contributed by atoms with Gasteiger partial charge in [0.15, 0.2) is 0 Å². The number of nitrogens with one attached hydrogen (secondary N) is 1. The molecule has 2 heteroatoms. The Balaban J connectivity index is 0.000000371. The van der Waals surface area contributed by atoms with Crippen LogP contribution < -0.4 is 0 Å². The van der Waals surface area contributed by atoms with Gasteiger partial charge in [-0.25, -0.2) is 4.99 Å². The van der Waals surface area contributed by atoms with Crippen LogP contribution in [0.4, 0.5) is 0 Å². The molecule has 0 saturated carbocycles. The second-order valence-corrected chi connectivity index (χ2v) is 8.66. The van der Waals surface area contributed by atoms with Crippen molar-refractivity contribution in [1.82, 2.24) is 4.98 Å². The van der Waals surface area contributed by atoms with Crippen molar-refractivity contribution in [2.45, 2.75) is 20.8 Å². The first-order valence-corrected chi connectivity index (χ1v) is 12.0. The van der Waals surface area contributed by atoms with Crippen LogP contribution >= 0.6 is 0 Å². The maximum absolute atomic E-state index is 4.64. The highest BCUT2D eigenvalue weighted by Gasteiger charge is 2.02. The lowest BCUT2D eigenvalue weighted by atomic mass is 10.1. The molecular formula is C33H34N2. The zero-order valence-electron chi connectivity index (χ0n) is 20.9. The third-order valence-electron chi connectivity index (χ3n) is 5.14. The number of nitrogens with zero attached hydrogens (tertiary/aromatic N) is 1. The molecule has 0 saturated heterocycles. The molecule has 2 heterocycles.